The molecule has 0 N–H and O–H groups in total. The van der Waals surface area contributed by atoms with Crippen molar-refractivity contribution in [3.63, 3.8) is 0 Å². The van der Waals surface area contributed by atoms with E-state index >= 15 is 0 Å². The van der Waals surface area contributed by atoms with E-state index in [1.54, 1.807) is 0 Å². The van der Waals surface area contributed by atoms with Gasteiger partial charge < -0.3 is 14.0 Å². The Bertz CT molecular complexity index is 987. The van der Waals surface area contributed by atoms with Crippen LogP contribution in [0.15, 0.2) is 47.4 Å². The second kappa shape index (κ2) is 23.3. The van der Waals surface area contributed by atoms with Crippen molar-refractivity contribution in [2.75, 3.05) is 13.2 Å². The van der Waals surface area contributed by atoms with Gasteiger partial charge in [-0.3, -0.25) is 0 Å². The largest absolute Gasteiger partial charge is 1.00 e. The average Bonchev–Trinajstić information content (AvgIpc) is 2.89. The standard InChI is InChI=1S/C30H46O7S.Na/c1-3-5-7-9-11-13-15-17-19-24-36-29(31)26-22-21-23-27(38(33,34)35)28(26)30(32)37-25-20-18-16-14-12-10-8-6-4-2;/h9-12,21-23H,3-8,13-20,24-25H2,1-2H3,(H,33,34,35);/q;+1/p-1/b11-9+,12-10+;. The minimum Gasteiger partial charge on any atom is -0.744 e. The van der Waals surface area contributed by atoms with Gasteiger partial charge in [-0.2, -0.15) is 0 Å². The van der Waals surface area contributed by atoms with Crippen molar-refractivity contribution in [1.29, 1.82) is 0 Å². The van der Waals surface area contributed by atoms with Crippen molar-refractivity contribution in [3.05, 3.63) is 53.6 Å². The van der Waals surface area contributed by atoms with Gasteiger partial charge in [-0.25, -0.2) is 18.0 Å². The fourth-order valence-electron chi connectivity index (χ4n) is 3.80. The summed E-state index contributed by atoms with van der Waals surface area (Å²) < 4.78 is 45.9. The van der Waals surface area contributed by atoms with Gasteiger partial charge in [0.25, 0.3) is 0 Å². The first kappa shape index (κ1) is 37.6. The molecule has 0 aromatic heterocycles. The maximum atomic E-state index is 12.8. The van der Waals surface area contributed by atoms with Gasteiger partial charge in [0.1, 0.15) is 10.1 Å². The Morgan fingerprint density at radius 2 is 1.18 bits per heavy atom. The van der Waals surface area contributed by atoms with E-state index in [4.69, 9.17) is 9.47 Å². The van der Waals surface area contributed by atoms with Crippen LogP contribution in [-0.4, -0.2) is 38.1 Å². The van der Waals surface area contributed by atoms with Gasteiger partial charge in [-0.15, -0.1) is 0 Å². The van der Waals surface area contributed by atoms with Crippen LogP contribution in [-0.2, 0) is 19.6 Å². The molecule has 0 aliphatic carbocycles. The number of hydrogen-bond acceptors (Lipinski definition) is 7. The zero-order valence-electron chi connectivity index (χ0n) is 24.1. The van der Waals surface area contributed by atoms with Gasteiger partial charge in [0.2, 0.25) is 0 Å². The molecule has 0 aliphatic rings. The van der Waals surface area contributed by atoms with Gasteiger partial charge in [-0.05, 0) is 76.3 Å². The predicted octanol–water partition coefficient (Wildman–Crippen LogP) is 4.52. The van der Waals surface area contributed by atoms with Gasteiger partial charge in [0.15, 0.2) is 0 Å². The summed E-state index contributed by atoms with van der Waals surface area (Å²) in [7, 11) is -5.00. The van der Waals surface area contributed by atoms with Gasteiger partial charge in [-0.1, -0.05) is 69.9 Å². The van der Waals surface area contributed by atoms with E-state index in [1.165, 1.54) is 37.8 Å². The SMILES string of the molecule is CCCC/C=C/CCCCCOC(=O)c1cccc(S(=O)(=O)[O-])c1C(=O)OCCCCC/C=C/CCCC.[Na+]. The Morgan fingerprint density at radius 1 is 0.718 bits per heavy atom. The number of ether oxygens (including phenoxy) is 2. The summed E-state index contributed by atoms with van der Waals surface area (Å²) in [5.41, 5.74) is -0.827. The molecule has 0 aliphatic heterocycles. The fourth-order valence-corrected chi connectivity index (χ4v) is 4.49. The second-order valence-electron chi connectivity index (χ2n) is 9.33. The third-order valence-corrected chi connectivity index (χ3v) is 6.88. The van der Waals surface area contributed by atoms with Crippen LogP contribution >= 0.6 is 0 Å². The van der Waals surface area contributed by atoms with Crippen molar-refractivity contribution < 1.29 is 61.6 Å². The minimum absolute atomic E-state index is 0. The zero-order valence-corrected chi connectivity index (χ0v) is 26.9. The second-order valence-corrected chi connectivity index (χ2v) is 10.7. The van der Waals surface area contributed by atoms with E-state index in [1.807, 2.05) is 0 Å². The molecule has 0 heterocycles. The number of rotatable bonds is 21. The van der Waals surface area contributed by atoms with E-state index in [0.717, 1.165) is 57.4 Å². The van der Waals surface area contributed by atoms with E-state index in [-0.39, 0.29) is 48.3 Å². The normalized spacial score (nSPS) is 11.6. The molecule has 7 nitrogen and oxygen atoms in total. The summed E-state index contributed by atoms with van der Waals surface area (Å²) in [6, 6.07) is 3.53. The molecule has 0 saturated carbocycles. The molecule has 0 fully saturated rings. The molecule has 1 aromatic rings. The van der Waals surface area contributed by atoms with Crippen LogP contribution < -0.4 is 29.6 Å². The van der Waals surface area contributed by atoms with Crippen molar-refractivity contribution >= 4 is 22.1 Å². The number of unbranched alkanes of at least 4 members (excludes halogenated alkanes) is 10. The topological polar surface area (TPSA) is 110 Å². The van der Waals surface area contributed by atoms with Crippen LogP contribution in [0.4, 0.5) is 0 Å². The maximum Gasteiger partial charge on any atom is 1.00 e. The van der Waals surface area contributed by atoms with Crippen LogP contribution in [0.1, 0.15) is 124 Å². The van der Waals surface area contributed by atoms with Gasteiger partial charge in [0.05, 0.1) is 29.2 Å². The van der Waals surface area contributed by atoms with Crippen molar-refractivity contribution in [2.24, 2.45) is 0 Å². The smallest absolute Gasteiger partial charge is 0.744 e. The first-order valence-corrected chi connectivity index (χ1v) is 15.5. The fraction of sp³-hybridized carbons (Fsp3) is 0.600. The Morgan fingerprint density at radius 3 is 1.64 bits per heavy atom. The van der Waals surface area contributed by atoms with E-state index in [0.29, 0.717) is 12.8 Å². The molecule has 0 bridgehead atoms. The summed E-state index contributed by atoms with van der Waals surface area (Å²) in [5.74, 6) is -1.86. The van der Waals surface area contributed by atoms with Crippen LogP contribution in [0.3, 0.4) is 0 Å². The number of carbonyl (C=O) groups is 2. The van der Waals surface area contributed by atoms with E-state index < -0.39 is 32.5 Å². The van der Waals surface area contributed by atoms with Crippen molar-refractivity contribution in [3.8, 4) is 0 Å². The predicted molar refractivity (Wildman–Crippen MR) is 149 cm³/mol. The first-order valence-electron chi connectivity index (χ1n) is 14.1. The third-order valence-electron chi connectivity index (χ3n) is 6.00. The monoisotopic (exact) mass is 572 g/mol. The molecule has 1 aromatic carbocycles. The number of carbonyl (C=O) groups excluding carboxylic acids is 2. The van der Waals surface area contributed by atoms with E-state index in [9.17, 15) is 22.6 Å². The average molecular weight is 573 g/mol. The zero-order chi connectivity index (χ0) is 28.1. The van der Waals surface area contributed by atoms with Crippen molar-refractivity contribution in [1.82, 2.24) is 0 Å². The first-order chi connectivity index (χ1) is 18.3. The molecule has 0 unspecified atom stereocenters. The van der Waals surface area contributed by atoms with Gasteiger partial charge >= 0.3 is 41.5 Å². The quantitative estimate of drug-likeness (QED) is 0.0700. The molecule has 214 valence electrons. The van der Waals surface area contributed by atoms with Crippen LogP contribution in [0.2, 0.25) is 0 Å². The number of esters is 2. The molecule has 39 heavy (non-hydrogen) atoms. The van der Waals surface area contributed by atoms with Crippen LogP contribution in [0, 0.1) is 0 Å². The summed E-state index contributed by atoms with van der Waals surface area (Å²) in [4.78, 5) is 24.7. The molecule has 9 heteroatoms. The van der Waals surface area contributed by atoms with Gasteiger partial charge in [0, 0.05) is 0 Å². The molecule has 0 saturated heterocycles. The van der Waals surface area contributed by atoms with Crippen LogP contribution in [0.25, 0.3) is 0 Å². The summed E-state index contributed by atoms with van der Waals surface area (Å²) in [5, 5.41) is 0. The maximum absolute atomic E-state index is 12.8. The molecular weight excluding hydrogens is 527 g/mol. The molecule has 0 radical (unpaired) electrons. The molecule has 0 amide bonds. The third kappa shape index (κ3) is 17.1. The van der Waals surface area contributed by atoms with Crippen LogP contribution in [0.5, 0.6) is 0 Å². The van der Waals surface area contributed by atoms with Crippen molar-refractivity contribution in [2.45, 2.75) is 109 Å². The summed E-state index contributed by atoms with van der Waals surface area (Å²) >= 11 is 0. The minimum atomic E-state index is -5.00. The molecule has 1 rings (SSSR count). The Hall–Kier alpha value is -1.45. The number of benzene rings is 1. The molecule has 0 spiro atoms. The number of hydrogen-bond donors (Lipinski definition) is 0. The Kier molecular flexibility index (Phi) is 22.4. The summed E-state index contributed by atoms with van der Waals surface area (Å²) in [6.07, 6.45) is 22.3. The number of allylic oxidation sites excluding steroid dienone is 4. The van der Waals surface area contributed by atoms with E-state index in [2.05, 4.69) is 38.2 Å². The molecular formula is C30H45NaO7S. The Balaban J connectivity index is 0.0000144. The Labute approximate surface area is 257 Å². The summed E-state index contributed by atoms with van der Waals surface area (Å²) in [6.45, 7) is 4.51. The molecule has 0 atom stereocenters.